The second-order valence-corrected chi connectivity index (χ2v) is 6.47. The summed E-state index contributed by atoms with van der Waals surface area (Å²) in [6.45, 7) is 5.21. The van der Waals surface area contributed by atoms with Crippen LogP contribution in [0.2, 0.25) is 0 Å². The van der Waals surface area contributed by atoms with Gasteiger partial charge in [-0.15, -0.1) is 0 Å². The molecular formula is C10H19N3O2S. The van der Waals surface area contributed by atoms with E-state index in [9.17, 15) is 8.42 Å². The molecule has 92 valence electrons. The second-order valence-electron chi connectivity index (χ2n) is 4.22. The van der Waals surface area contributed by atoms with Crippen LogP contribution in [0.5, 0.6) is 0 Å². The maximum absolute atomic E-state index is 12.0. The molecule has 0 aromatic heterocycles. The number of likely N-dealkylation sites (N-methyl/N-ethyl adjacent to an activating group) is 1. The molecule has 0 amide bonds. The van der Waals surface area contributed by atoms with Crippen LogP contribution in [0.3, 0.4) is 0 Å². The van der Waals surface area contributed by atoms with Crippen LogP contribution in [0.1, 0.15) is 20.3 Å². The summed E-state index contributed by atoms with van der Waals surface area (Å²) in [5, 5.41) is 7.76. The third kappa shape index (κ3) is 2.54. The largest absolute Gasteiger partial charge is 0.301 e. The van der Waals surface area contributed by atoms with Crippen LogP contribution in [-0.2, 0) is 10.0 Å². The lowest BCUT2D eigenvalue weighted by molar-refractivity contribution is 0.144. The highest BCUT2D eigenvalue weighted by Crippen LogP contribution is 2.16. The topological polar surface area (TPSA) is 64.4 Å². The first kappa shape index (κ1) is 13.4. The van der Waals surface area contributed by atoms with Crippen molar-refractivity contribution >= 4 is 10.0 Å². The van der Waals surface area contributed by atoms with E-state index in [0.29, 0.717) is 13.1 Å². The number of nitrogens with zero attached hydrogens (tertiary/aromatic N) is 3. The molecule has 5 nitrogen and oxygen atoms in total. The predicted octanol–water partition coefficient (Wildman–Crippen LogP) is 0.254. The SMILES string of the molecule is CCC1CN(S(=O)(=O)C(C)C#N)CCN1C. The molecule has 0 bridgehead atoms. The summed E-state index contributed by atoms with van der Waals surface area (Å²) in [7, 11) is -1.43. The molecule has 1 saturated heterocycles. The molecule has 0 radical (unpaired) electrons. The van der Waals surface area contributed by atoms with Gasteiger partial charge >= 0.3 is 0 Å². The van der Waals surface area contributed by atoms with Crippen molar-refractivity contribution < 1.29 is 8.42 Å². The molecule has 16 heavy (non-hydrogen) atoms. The van der Waals surface area contributed by atoms with Gasteiger partial charge < -0.3 is 4.90 Å². The summed E-state index contributed by atoms with van der Waals surface area (Å²) in [5.74, 6) is 0. The number of piperazine rings is 1. The Morgan fingerprint density at radius 1 is 1.50 bits per heavy atom. The molecule has 1 aliphatic rings. The fourth-order valence-electron chi connectivity index (χ4n) is 1.88. The van der Waals surface area contributed by atoms with Gasteiger partial charge in [0.25, 0.3) is 0 Å². The molecule has 1 rings (SSSR count). The Balaban J connectivity index is 2.81. The molecule has 2 atom stereocenters. The first-order valence-electron chi connectivity index (χ1n) is 5.52. The van der Waals surface area contributed by atoms with Crippen molar-refractivity contribution in [1.82, 2.24) is 9.21 Å². The van der Waals surface area contributed by atoms with Crippen LogP contribution < -0.4 is 0 Å². The Labute approximate surface area is 97.7 Å². The zero-order valence-corrected chi connectivity index (χ0v) is 10.9. The highest BCUT2D eigenvalue weighted by molar-refractivity contribution is 7.89. The molecule has 1 heterocycles. The molecule has 0 N–H and O–H groups in total. The lowest BCUT2D eigenvalue weighted by Crippen LogP contribution is -2.54. The van der Waals surface area contributed by atoms with Crippen molar-refractivity contribution in [1.29, 1.82) is 5.26 Å². The smallest absolute Gasteiger partial charge is 0.230 e. The van der Waals surface area contributed by atoms with Crippen LogP contribution in [-0.4, -0.2) is 55.6 Å². The number of nitriles is 1. The van der Waals surface area contributed by atoms with Gasteiger partial charge in [-0.05, 0) is 20.4 Å². The summed E-state index contributed by atoms with van der Waals surface area (Å²) in [5.41, 5.74) is 0. The van der Waals surface area contributed by atoms with Gasteiger partial charge in [0.1, 0.15) is 0 Å². The second kappa shape index (κ2) is 5.13. The summed E-state index contributed by atoms with van der Waals surface area (Å²) >= 11 is 0. The lowest BCUT2D eigenvalue weighted by atomic mass is 10.1. The highest BCUT2D eigenvalue weighted by Gasteiger charge is 2.34. The maximum atomic E-state index is 12.0. The monoisotopic (exact) mass is 245 g/mol. The Morgan fingerprint density at radius 2 is 2.12 bits per heavy atom. The fourth-order valence-corrected chi connectivity index (χ4v) is 3.18. The van der Waals surface area contributed by atoms with E-state index >= 15 is 0 Å². The summed E-state index contributed by atoms with van der Waals surface area (Å²) in [6, 6.07) is 2.06. The van der Waals surface area contributed by atoms with E-state index in [-0.39, 0.29) is 6.04 Å². The van der Waals surface area contributed by atoms with Crippen LogP contribution >= 0.6 is 0 Å². The minimum absolute atomic E-state index is 0.259. The third-order valence-electron chi connectivity index (χ3n) is 3.20. The Kier molecular flexibility index (Phi) is 4.30. The van der Waals surface area contributed by atoms with Gasteiger partial charge in [0, 0.05) is 25.7 Å². The van der Waals surface area contributed by atoms with Crippen LogP contribution in [0, 0.1) is 11.3 Å². The molecule has 2 unspecified atom stereocenters. The quantitative estimate of drug-likeness (QED) is 0.715. The molecule has 6 heteroatoms. The molecule has 0 aromatic carbocycles. The fraction of sp³-hybridized carbons (Fsp3) is 0.900. The number of sulfonamides is 1. The first-order valence-corrected chi connectivity index (χ1v) is 7.02. The number of hydrogen-bond donors (Lipinski definition) is 0. The standard InChI is InChI=1S/C10H19N3O2S/c1-4-10-8-13(6-5-12(10)3)16(14,15)9(2)7-11/h9-10H,4-6,8H2,1-3H3. The van der Waals surface area contributed by atoms with Gasteiger partial charge in [-0.25, -0.2) is 8.42 Å². The van der Waals surface area contributed by atoms with Gasteiger partial charge in [0.15, 0.2) is 5.25 Å². The van der Waals surface area contributed by atoms with Crippen molar-refractivity contribution in [3.8, 4) is 6.07 Å². The van der Waals surface area contributed by atoms with Crippen LogP contribution in [0.15, 0.2) is 0 Å². The summed E-state index contributed by atoms with van der Waals surface area (Å²) < 4.78 is 25.4. The van der Waals surface area contributed by atoms with E-state index in [4.69, 9.17) is 5.26 Å². The Hall–Kier alpha value is -0.640. The van der Waals surface area contributed by atoms with Crippen molar-refractivity contribution in [2.24, 2.45) is 0 Å². The van der Waals surface area contributed by atoms with E-state index < -0.39 is 15.3 Å². The molecule has 0 saturated carbocycles. The van der Waals surface area contributed by atoms with Crippen molar-refractivity contribution in [2.75, 3.05) is 26.7 Å². The highest BCUT2D eigenvalue weighted by atomic mass is 32.2. The van der Waals surface area contributed by atoms with E-state index in [0.717, 1.165) is 13.0 Å². The normalized spacial score (nSPS) is 26.2. The molecular weight excluding hydrogens is 226 g/mol. The zero-order valence-electron chi connectivity index (χ0n) is 10.0. The van der Waals surface area contributed by atoms with Crippen LogP contribution in [0.4, 0.5) is 0 Å². The number of rotatable bonds is 3. The average Bonchev–Trinajstić information content (AvgIpc) is 2.28. The Morgan fingerprint density at radius 3 is 2.62 bits per heavy atom. The van der Waals surface area contributed by atoms with Crippen molar-refractivity contribution in [2.45, 2.75) is 31.6 Å². The van der Waals surface area contributed by atoms with E-state index in [2.05, 4.69) is 4.90 Å². The molecule has 0 aromatic rings. The zero-order chi connectivity index (χ0) is 12.3. The molecule has 1 fully saturated rings. The lowest BCUT2D eigenvalue weighted by Gasteiger charge is -2.38. The van der Waals surface area contributed by atoms with E-state index in [1.165, 1.54) is 11.2 Å². The third-order valence-corrected chi connectivity index (χ3v) is 5.25. The molecule has 1 aliphatic heterocycles. The van der Waals surface area contributed by atoms with Gasteiger partial charge in [0.2, 0.25) is 10.0 Å². The van der Waals surface area contributed by atoms with Gasteiger partial charge in [-0.2, -0.15) is 9.57 Å². The molecule has 0 aliphatic carbocycles. The van der Waals surface area contributed by atoms with E-state index in [1.54, 1.807) is 6.07 Å². The van der Waals surface area contributed by atoms with Crippen molar-refractivity contribution in [3.05, 3.63) is 0 Å². The van der Waals surface area contributed by atoms with Gasteiger partial charge in [-0.1, -0.05) is 6.92 Å². The summed E-state index contributed by atoms with van der Waals surface area (Å²) in [6.07, 6.45) is 0.920. The Bertz CT molecular complexity index is 374. The summed E-state index contributed by atoms with van der Waals surface area (Å²) in [4.78, 5) is 2.17. The maximum Gasteiger partial charge on any atom is 0.230 e. The van der Waals surface area contributed by atoms with Gasteiger partial charge in [-0.3, -0.25) is 0 Å². The van der Waals surface area contributed by atoms with Gasteiger partial charge in [0.05, 0.1) is 6.07 Å². The minimum Gasteiger partial charge on any atom is -0.301 e. The first-order chi connectivity index (χ1) is 7.43. The van der Waals surface area contributed by atoms with Crippen LogP contribution in [0.25, 0.3) is 0 Å². The van der Waals surface area contributed by atoms with E-state index in [1.807, 2.05) is 14.0 Å². The molecule has 0 spiro atoms. The van der Waals surface area contributed by atoms with Crippen molar-refractivity contribution in [3.63, 3.8) is 0 Å². The minimum atomic E-state index is -3.43. The number of hydrogen-bond acceptors (Lipinski definition) is 4. The average molecular weight is 245 g/mol. The predicted molar refractivity (Wildman–Crippen MR) is 62.3 cm³/mol.